The van der Waals surface area contributed by atoms with Gasteiger partial charge in [0, 0.05) is 31.9 Å². The van der Waals surface area contributed by atoms with Gasteiger partial charge in [-0.2, -0.15) is 0 Å². The van der Waals surface area contributed by atoms with Crippen LogP contribution in [0.25, 0.3) is 10.3 Å². The van der Waals surface area contributed by atoms with Gasteiger partial charge in [-0.15, -0.1) is 0 Å². The van der Waals surface area contributed by atoms with Crippen LogP contribution in [0.4, 0.5) is 4.39 Å². The van der Waals surface area contributed by atoms with E-state index in [2.05, 4.69) is 15.3 Å². The third kappa shape index (κ3) is 5.26. The zero-order chi connectivity index (χ0) is 19.4. The van der Waals surface area contributed by atoms with E-state index in [1.807, 2.05) is 13.8 Å². The van der Waals surface area contributed by atoms with Gasteiger partial charge in [0.2, 0.25) is 11.8 Å². The lowest BCUT2D eigenvalue weighted by Crippen LogP contribution is -2.50. The Kier molecular flexibility index (Phi) is 6.11. The molecule has 1 aliphatic carbocycles. The SMILES string of the molecule is CCOc1nc2ccc(OCC3(F)CC(OC[C@H](C)NC(C)=O)C3)nc2s1. The molecule has 0 saturated heterocycles. The van der Waals surface area contributed by atoms with Gasteiger partial charge in [0.05, 0.1) is 19.3 Å². The first-order valence-corrected chi connectivity index (χ1v) is 9.79. The number of aromatic nitrogens is 2. The highest BCUT2D eigenvalue weighted by Crippen LogP contribution is 2.39. The van der Waals surface area contributed by atoms with Gasteiger partial charge in [0.25, 0.3) is 5.19 Å². The Morgan fingerprint density at radius 1 is 1.41 bits per heavy atom. The molecule has 0 aromatic carbocycles. The molecule has 1 atom stereocenters. The summed E-state index contributed by atoms with van der Waals surface area (Å²) in [6, 6.07) is 3.38. The fourth-order valence-corrected chi connectivity index (χ4v) is 3.75. The normalized spacial score (nSPS) is 22.9. The topological polar surface area (TPSA) is 82.6 Å². The van der Waals surface area contributed by atoms with Gasteiger partial charge >= 0.3 is 0 Å². The third-order valence-corrected chi connectivity index (χ3v) is 5.05. The lowest BCUT2D eigenvalue weighted by Gasteiger charge is -2.40. The van der Waals surface area contributed by atoms with Crippen LogP contribution in [0, 0.1) is 0 Å². The Hall–Kier alpha value is -2.00. The van der Waals surface area contributed by atoms with Gasteiger partial charge in [-0.05, 0) is 19.9 Å². The first kappa shape index (κ1) is 19.8. The van der Waals surface area contributed by atoms with Crippen molar-refractivity contribution in [1.82, 2.24) is 15.3 Å². The number of rotatable bonds is 9. The van der Waals surface area contributed by atoms with E-state index >= 15 is 0 Å². The van der Waals surface area contributed by atoms with E-state index in [9.17, 15) is 9.18 Å². The first-order chi connectivity index (χ1) is 12.9. The van der Waals surface area contributed by atoms with Crippen molar-refractivity contribution in [1.29, 1.82) is 0 Å². The lowest BCUT2D eigenvalue weighted by molar-refractivity contribution is -0.125. The molecule has 3 rings (SSSR count). The summed E-state index contributed by atoms with van der Waals surface area (Å²) < 4.78 is 31.2. The van der Waals surface area contributed by atoms with Crippen molar-refractivity contribution in [3.05, 3.63) is 12.1 Å². The molecule has 7 nitrogen and oxygen atoms in total. The molecule has 0 aliphatic heterocycles. The third-order valence-electron chi connectivity index (χ3n) is 4.18. The van der Waals surface area contributed by atoms with E-state index in [1.54, 1.807) is 12.1 Å². The standard InChI is InChI=1S/C18H24FN3O4S/c1-4-24-17-21-14-5-6-15(22-16(14)27-17)26-10-18(19)7-13(8-18)25-9-11(2)20-12(3)23/h5-6,11,13H,4,7-10H2,1-3H3,(H,20,23)/t11-,13?,18?/m0/s1. The van der Waals surface area contributed by atoms with Gasteiger partial charge in [-0.25, -0.2) is 14.4 Å². The maximum Gasteiger partial charge on any atom is 0.275 e. The molecule has 1 amide bonds. The second-order valence-corrected chi connectivity index (χ2v) is 7.73. The number of pyridine rings is 1. The van der Waals surface area contributed by atoms with E-state index in [1.165, 1.54) is 18.3 Å². The molecule has 9 heteroatoms. The number of amides is 1. The summed E-state index contributed by atoms with van der Waals surface area (Å²) >= 11 is 1.33. The quantitative estimate of drug-likeness (QED) is 0.701. The number of hydrogen-bond donors (Lipinski definition) is 1. The number of ether oxygens (including phenoxy) is 3. The zero-order valence-corrected chi connectivity index (χ0v) is 16.5. The Balaban J connectivity index is 1.45. The number of halogens is 1. The molecule has 1 saturated carbocycles. The highest BCUT2D eigenvalue weighted by molar-refractivity contribution is 7.19. The fourth-order valence-electron chi connectivity index (χ4n) is 2.91. The molecule has 148 valence electrons. The lowest BCUT2D eigenvalue weighted by atomic mass is 9.79. The molecule has 2 aromatic heterocycles. The monoisotopic (exact) mass is 397 g/mol. The second-order valence-electron chi connectivity index (χ2n) is 6.79. The van der Waals surface area contributed by atoms with Crippen molar-refractivity contribution < 1.29 is 23.4 Å². The summed E-state index contributed by atoms with van der Waals surface area (Å²) in [6.07, 6.45) is 0.397. The molecule has 0 spiro atoms. The van der Waals surface area contributed by atoms with E-state index in [-0.39, 0.29) is 37.5 Å². The highest BCUT2D eigenvalue weighted by Gasteiger charge is 2.46. The predicted molar refractivity (Wildman–Crippen MR) is 100 cm³/mol. The number of thiazole rings is 1. The molecule has 2 aromatic rings. The summed E-state index contributed by atoms with van der Waals surface area (Å²) in [5.41, 5.74) is -0.681. The minimum Gasteiger partial charge on any atom is -0.474 e. The van der Waals surface area contributed by atoms with E-state index in [4.69, 9.17) is 14.2 Å². The highest BCUT2D eigenvalue weighted by atomic mass is 32.1. The summed E-state index contributed by atoms with van der Waals surface area (Å²) in [5.74, 6) is 0.265. The molecule has 27 heavy (non-hydrogen) atoms. The van der Waals surface area contributed by atoms with Gasteiger partial charge in [-0.3, -0.25) is 4.79 Å². The molecular formula is C18H24FN3O4S. The van der Waals surface area contributed by atoms with Crippen molar-refractivity contribution in [2.45, 2.75) is 51.4 Å². The van der Waals surface area contributed by atoms with Gasteiger partial charge in [0.15, 0.2) is 4.83 Å². The molecule has 1 aliphatic rings. The van der Waals surface area contributed by atoms with Crippen LogP contribution < -0.4 is 14.8 Å². The van der Waals surface area contributed by atoms with Crippen molar-refractivity contribution in [2.75, 3.05) is 19.8 Å². The average molecular weight is 397 g/mol. The van der Waals surface area contributed by atoms with Crippen LogP contribution in [-0.2, 0) is 9.53 Å². The fraction of sp³-hybridized carbons (Fsp3) is 0.611. The number of nitrogens with zero attached hydrogens (tertiary/aromatic N) is 2. The van der Waals surface area contributed by atoms with Crippen molar-refractivity contribution >= 4 is 27.6 Å². The van der Waals surface area contributed by atoms with Crippen LogP contribution in [-0.4, -0.2) is 53.5 Å². The van der Waals surface area contributed by atoms with Crippen LogP contribution in [0.3, 0.4) is 0 Å². The Morgan fingerprint density at radius 3 is 2.89 bits per heavy atom. The number of carbonyl (C=O) groups is 1. The minimum atomic E-state index is -1.41. The average Bonchev–Trinajstić information content (AvgIpc) is 2.97. The Morgan fingerprint density at radius 2 is 2.19 bits per heavy atom. The largest absolute Gasteiger partial charge is 0.474 e. The smallest absolute Gasteiger partial charge is 0.275 e. The summed E-state index contributed by atoms with van der Waals surface area (Å²) in [5, 5.41) is 3.30. The van der Waals surface area contributed by atoms with Crippen LogP contribution >= 0.6 is 11.3 Å². The predicted octanol–water partition coefficient (Wildman–Crippen LogP) is 2.88. The maximum atomic E-state index is 14.7. The first-order valence-electron chi connectivity index (χ1n) is 8.97. The molecule has 2 heterocycles. The van der Waals surface area contributed by atoms with Gasteiger partial charge in [0.1, 0.15) is 17.8 Å². The molecular weight excluding hydrogens is 373 g/mol. The van der Waals surface area contributed by atoms with Crippen molar-refractivity contribution in [2.24, 2.45) is 0 Å². The van der Waals surface area contributed by atoms with Crippen molar-refractivity contribution in [3.8, 4) is 11.1 Å². The van der Waals surface area contributed by atoms with Crippen LogP contribution in [0.1, 0.15) is 33.6 Å². The number of nitrogens with one attached hydrogen (secondary N) is 1. The summed E-state index contributed by atoms with van der Waals surface area (Å²) in [7, 11) is 0. The second kappa shape index (κ2) is 8.35. The molecule has 1 N–H and O–H groups in total. The van der Waals surface area contributed by atoms with Gasteiger partial charge < -0.3 is 19.5 Å². The molecule has 0 bridgehead atoms. The molecule has 0 radical (unpaired) electrons. The Labute approximate surface area is 161 Å². The van der Waals surface area contributed by atoms with E-state index in [0.29, 0.717) is 29.1 Å². The van der Waals surface area contributed by atoms with Crippen LogP contribution in [0.2, 0.25) is 0 Å². The summed E-state index contributed by atoms with van der Waals surface area (Å²) in [4.78, 5) is 20.3. The maximum absolute atomic E-state index is 14.7. The Bertz CT molecular complexity index is 794. The molecule has 0 unspecified atom stereocenters. The van der Waals surface area contributed by atoms with Crippen LogP contribution in [0.15, 0.2) is 12.1 Å². The van der Waals surface area contributed by atoms with E-state index < -0.39 is 5.67 Å². The number of fused-ring (bicyclic) bond motifs is 1. The number of carbonyl (C=O) groups excluding carboxylic acids is 1. The molecule has 1 fully saturated rings. The summed E-state index contributed by atoms with van der Waals surface area (Å²) in [6.45, 7) is 6.05. The van der Waals surface area contributed by atoms with Crippen molar-refractivity contribution in [3.63, 3.8) is 0 Å². The van der Waals surface area contributed by atoms with Gasteiger partial charge in [-0.1, -0.05) is 11.3 Å². The van der Waals surface area contributed by atoms with Crippen LogP contribution in [0.5, 0.6) is 11.1 Å². The minimum absolute atomic E-state index is 0.0657. The number of alkyl halides is 1. The zero-order valence-electron chi connectivity index (χ0n) is 15.7. The van der Waals surface area contributed by atoms with E-state index in [0.717, 1.165) is 5.52 Å². The number of hydrogen-bond acceptors (Lipinski definition) is 7.